The lowest BCUT2D eigenvalue weighted by molar-refractivity contribution is -0.228. The van der Waals surface area contributed by atoms with E-state index in [1.807, 2.05) is 6.92 Å². The lowest BCUT2D eigenvalue weighted by Gasteiger charge is -2.58. The monoisotopic (exact) mass is 633 g/mol. The van der Waals surface area contributed by atoms with E-state index in [-0.39, 0.29) is 75.5 Å². The van der Waals surface area contributed by atoms with Gasteiger partial charge in [-0.1, -0.05) is 31.0 Å². The van der Waals surface area contributed by atoms with Crippen LogP contribution in [-0.4, -0.2) is 107 Å². The Morgan fingerprint density at radius 3 is 2.56 bits per heavy atom. The van der Waals surface area contributed by atoms with Crippen LogP contribution in [0.5, 0.6) is 11.5 Å². The van der Waals surface area contributed by atoms with Crippen LogP contribution in [0, 0.1) is 17.8 Å². The first kappa shape index (κ1) is 35.0. The van der Waals surface area contributed by atoms with Crippen molar-refractivity contribution in [1.29, 1.82) is 0 Å². The van der Waals surface area contributed by atoms with Gasteiger partial charge in [0.05, 0.1) is 31.5 Å². The first-order chi connectivity index (χ1) is 21.8. The van der Waals surface area contributed by atoms with Gasteiger partial charge in [-0.05, 0) is 67.7 Å². The van der Waals surface area contributed by atoms with Crippen molar-refractivity contribution in [3.63, 3.8) is 0 Å². The number of allylic oxidation sites excluding steroid dienone is 1. The highest BCUT2D eigenvalue weighted by molar-refractivity contribution is 6.03. The lowest BCUT2D eigenvalue weighted by Crippen LogP contribution is -2.69. The summed E-state index contributed by atoms with van der Waals surface area (Å²) in [6.45, 7) is 3.03. The predicted octanol–water partition coefficient (Wildman–Crippen LogP) is 2.88. The van der Waals surface area contributed by atoms with E-state index >= 15 is 0 Å². The van der Waals surface area contributed by atoms with Crippen LogP contribution < -0.4 is 10.1 Å². The number of hydrogen-bond donors (Lipinski definition) is 6. The van der Waals surface area contributed by atoms with Crippen molar-refractivity contribution in [2.75, 3.05) is 53.2 Å². The number of rotatable bonds is 17. The van der Waals surface area contributed by atoms with E-state index in [2.05, 4.69) is 16.5 Å². The molecule has 1 heterocycles. The average Bonchev–Trinajstić information content (AvgIpc) is 3.02. The molecule has 1 aromatic rings. The van der Waals surface area contributed by atoms with Crippen LogP contribution in [0.25, 0.3) is 0 Å². The van der Waals surface area contributed by atoms with Crippen molar-refractivity contribution >= 4 is 11.7 Å². The molecule has 1 saturated carbocycles. The summed E-state index contributed by atoms with van der Waals surface area (Å²) in [5, 5.41) is 58.9. The zero-order chi connectivity index (χ0) is 32.4. The second-order valence-electron chi connectivity index (χ2n) is 12.2. The molecule has 12 heteroatoms. The van der Waals surface area contributed by atoms with Crippen LogP contribution in [0.2, 0.25) is 0 Å². The van der Waals surface area contributed by atoms with Crippen molar-refractivity contribution in [2.45, 2.75) is 76.0 Å². The van der Waals surface area contributed by atoms with Crippen LogP contribution in [0.15, 0.2) is 35.0 Å². The van der Waals surface area contributed by atoms with Crippen LogP contribution in [-0.2, 0) is 9.57 Å². The van der Waals surface area contributed by atoms with E-state index in [0.29, 0.717) is 37.3 Å². The van der Waals surface area contributed by atoms with E-state index in [0.717, 1.165) is 36.8 Å². The fourth-order valence-electron chi connectivity index (χ4n) is 7.53. The molecule has 1 aromatic carbocycles. The minimum absolute atomic E-state index is 0.0274. The van der Waals surface area contributed by atoms with Gasteiger partial charge in [0.15, 0.2) is 0 Å². The van der Waals surface area contributed by atoms with Crippen molar-refractivity contribution in [2.24, 2.45) is 22.9 Å². The molecule has 12 nitrogen and oxygen atoms in total. The molecule has 252 valence electrons. The minimum atomic E-state index is -1.82. The van der Waals surface area contributed by atoms with Crippen LogP contribution in [0.1, 0.15) is 69.8 Å². The third-order valence-electron chi connectivity index (χ3n) is 9.32. The van der Waals surface area contributed by atoms with E-state index in [1.54, 1.807) is 23.1 Å². The number of fused-ring (bicyclic) bond motifs is 2. The quantitative estimate of drug-likeness (QED) is 0.111. The van der Waals surface area contributed by atoms with E-state index < -0.39 is 17.7 Å². The molecule has 4 rings (SSSR count). The molecule has 1 fully saturated rings. The van der Waals surface area contributed by atoms with Gasteiger partial charge in [0, 0.05) is 44.2 Å². The van der Waals surface area contributed by atoms with Gasteiger partial charge >= 0.3 is 6.03 Å². The largest absolute Gasteiger partial charge is 0.508 e. The Kier molecular flexibility index (Phi) is 12.9. The molecule has 2 amide bonds. The summed E-state index contributed by atoms with van der Waals surface area (Å²) >= 11 is 0. The van der Waals surface area contributed by atoms with Gasteiger partial charge in [-0.25, -0.2) is 4.79 Å². The Morgan fingerprint density at radius 1 is 1.11 bits per heavy atom. The number of aliphatic hydroxyl groups excluding tert-OH is 3. The number of amides is 2. The second kappa shape index (κ2) is 16.6. The number of urea groups is 1. The molecule has 45 heavy (non-hydrogen) atoms. The third-order valence-corrected chi connectivity index (χ3v) is 9.32. The highest BCUT2D eigenvalue weighted by Crippen LogP contribution is 2.60. The van der Waals surface area contributed by atoms with Crippen molar-refractivity contribution in [3.05, 3.63) is 35.4 Å². The number of unbranched alkanes of at least 4 members (excludes halogenated alkanes) is 2. The number of phenolic OH excluding ortho intramolecular Hbond substituents is 1. The fraction of sp³-hybridized carbons (Fsp3) is 0.697. The van der Waals surface area contributed by atoms with E-state index in [1.165, 1.54) is 7.11 Å². The molecule has 6 N–H and O–H groups in total. The van der Waals surface area contributed by atoms with Gasteiger partial charge in [-0.2, -0.15) is 0 Å². The summed E-state index contributed by atoms with van der Waals surface area (Å²) in [4.78, 5) is 20.6. The molecular weight excluding hydrogens is 582 g/mol. The molecule has 2 aliphatic carbocycles. The second-order valence-corrected chi connectivity index (χ2v) is 12.2. The molecule has 0 bridgehead atoms. The number of carbonyl (C=O) groups is 1. The molecule has 0 spiro atoms. The Hall–Kier alpha value is -2.90. The van der Waals surface area contributed by atoms with Gasteiger partial charge in [0.1, 0.15) is 24.7 Å². The summed E-state index contributed by atoms with van der Waals surface area (Å²) < 4.78 is 11.9. The number of aromatic hydroxyl groups is 1. The first-order valence-corrected chi connectivity index (χ1v) is 16.4. The first-order valence-electron chi connectivity index (χ1n) is 16.4. The third kappa shape index (κ3) is 7.74. The maximum absolute atomic E-state index is 13.7. The number of nitrogens with one attached hydrogen (secondary N) is 1. The summed E-state index contributed by atoms with van der Waals surface area (Å²) in [5.74, 6) is -2.06. The SMILES string of the molecule is CCCN(C(=O)NCCOCCO)C1CC(=NOC)C2=CC(CCCCO)C(CCCCO)C3c4cc(O)ccc4OC1(O)C23. The van der Waals surface area contributed by atoms with E-state index in [4.69, 9.17) is 19.4 Å². The summed E-state index contributed by atoms with van der Waals surface area (Å²) in [7, 11) is 1.48. The van der Waals surface area contributed by atoms with Crippen molar-refractivity contribution in [3.8, 4) is 11.5 Å². The fourth-order valence-corrected chi connectivity index (χ4v) is 7.53. The van der Waals surface area contributed by atoms with Gasteiger partial charge in [0.2, 0.25) is 5.79 Å². The smallest absolute Gasteiger partial charge is 0.317 e. The highest BCUT2D eigenvalue weighted by atomic mass is 16.6. The number of benzene rings is 1. The summed E-state index contributed by atoms with van der Waals surface area (Å²) in [6, 6.07) is 3.74. The number of nitrogens with zero attached hydrogens (tertiary/aromatic N) is 2. The Bertz CT molecular complexity index is 1180. The number of phenols is 1. The van der Waals surface area contributed by atoms with Crippen LogP contribution in [0.4, 0.5) is 4.79 Å². The standard InChI is InChI=1S/C33H51N3O9/c1-3-13-36(32(41)34-12-17-44-18-16-39)29-21-27(35-43-2)25-19-22(8-4-6-14-37)24(9-5-7-15-38)30-26-20-23(40)10-11-28(26)45-33(29,42)31(25)30/h10-11,19-20,22,24,29-31,37-40,42H,3-9,12-18,21H2,1-2H3,(H,34,41). The molecule has 6 atom stereocenters. The van der Waals surface area contributed by atoms with Crippen LogP contribution >= 0.6 is 0 Å². The Labute approximate surface area is 265 Å². The molecule has 3 aliphatic rings. The highest BCUT2D eigenvalue weighted by Gasteiger charge is 2.64. The normalized spacial score (nSPS) is 27.6. The van der Waals surface area contributed by atoms with Gasteiger partial charge in [-0.15, -0.1) is 0 Å². The molecule has 0 aromatic heterocycles. The zero-order valence-electron chi connectivity index (χ0n) is 26.6. The maximum Gasteiger partial charge on any atom is 0.317 e. The molecule has 1 aliphatic heterocycles. The minimum Gasteiger partial charge on any atom is -0.508 e. The Morgan fingerprint density at radius 2 is 1.87 bits per heavy atom. The van der Waals surface area contributed by atoms with Gasteiger partial charge in [0.25, 0.3) is 0 Å². The zero-order valence-corrected chi connectivity index (χ0v) is 26.6. The molecular formula is C33H51N3O9. The number of carbonyl (C=O) groups excluding carboxylic acids is 1. The van der Waals surface area contributed by atoms with Crippen molar-refractivity contribution in [1.82, 2.24) is 10.2 Å². The van der Waals surface area contributed by atoms with Crippen LogP contribution in [0.3, 0.4) is 0 Å². The molecule has 0 saturated heterocycles. The number of oxime groups is 1. The topological polar surface area (TPSA) is 174 Å². The van der Waals surface area contributed by atoms with Gasteiger partial charge in [-0.3, -0.25) is 0 Å². The summed E-state index contributed by atoms with van der Waals surface area (Å²) in [6.07, 6.45) is 7.52. The van der Waals surface area contributed by atoms with Gasteiger partial charge < -0.3 is 50.1 Å². The maximum atomic E-state index is 13.7. The summed E-state index contributed by atoms with van der Waals surface area (Å²) in [5.41, 5.74) is 2.24. The number of aliphatic hydroxyl groups is 4. The lowest BCUT2D eigenvalue weighted by atomic mass is 9.55. The Balaban J connectivity index is 1.83. The van der Waals surface area contributed by atoms with Crippen molar-refractivity contribution < 1.29 is 44.6 Å². The number of ether oxygens (including phenoxy) is 2. The molecule has 6 unspecified atom stereocenters. The average molecular weight is 634 g/mol. The predicted molar refractivity (Wildman–Crippen MR) is 168 cm³/mol. The number of hydrogen-bond acceptors (Lipinski definition) is 10. The van der Waals surface area contributed by atoms with E-state index in [9.17, 15) is 25.2 Å². The molecule has 0 radical (unpaired) electrons.